The van der Waals surface area contributed by atoms with E-state index < -0.39 is 40.3 Å². The topological polar surface area (TPSA) is 84.2 Å². The first kappa shape index (κ1) is 25.2. The zero-order valence-electron chi connectivity index (χ0n) is 21.5. The van der Waals surface area contributed by atoms with Gasteiger partial charge in [0.25, 0.3) is 5.91 Å². The third kappa shape index (κ3) is 3.53. The van der Waals surface area contributed by atoms with Crippen LogP contribution in [-0.4, -0.2) is 52.6 Å². The molecular formula is C29H25F2N3O5S. The van der Waals surface area contributed by atoms with Crippen LogP contribution in [0.5, 0.6) is 11.5 Å². The molecule has 8 nitrogen and oxygen atoms in total. The highest BCUT2D eigenvalue weighted by Crippen LogP contribution is 2.49. The van der Waals surface area contributed by atoms with Gasteiger partial charge in [-0.25, -0.2) is 8.78 Å². The predicted molar refractivity (Wildman–Crippen MR) is 143 cm³/mol. The van der Waals surface area contributed by atoms with Gasteiger partial charge in [0, 0.05) is 60.1 Å². The SMILES string of the molecule is COC1CC2(/C=C/COc3cc(F)c(F)c4c3C(c3ccccc3SC4)N3CN2C(=O)c2c(O)c(=O)ccn23)C1. The van der Waals surface area contributed by atoms with Crippen LogP contribution < -0.4 is 15.2 Å². The van der Waals surface area contributed by atoms with Gasteiger partial charge >= 0.3 is 0 Å². The lowest BCUT2D eigenvalue weighted by Gasteiger charge is -2.56. The molecule has 4 heterocycles. The van der Waals surface area contributed by atoms with Crippen LogP contribution >= 0.6 is 11.8 Å². The van der Waals surface area contributed by atoms with Gasteiger partial charge in [0.2, 0.25) is 5.43 Å². The van der Waals surface area contributed by atoms with Crippen LogP contribution in [0.25, 0.3) is 0 Å². The number of amides is 1. The number of aromatic nitrogens is 1. The third-order valence-corrected chi connectivity index (χ3v) is 9.46. The van der Waals surface area contributed by atoms with Crippen LogP contribution in [0.2, 0.25) is 0 Å². The average Bonchev–Trinajstić information content (AvgIpc) is 3.11. The minimum absolute atomic E-state index is 0.0382. The Balaban J connectivity index is 1.55. The van der Waals surface area contributed by atoms with E-state index >= 15 is 4.39 Å². The van der Waals surface area contributed by atoms with Crippen molar-refractivity contribution in [2.75, 3.05) is 25.4 Å². The summed E-state index contributed by atoms with van der Waals surface area (Å²) in [5, 5.41) is 12.7. The molecule has 4 aliphatic rings. The molecule has 2 bridgehead atoms. The van der Waals surface area contributed by atoms with Gasteiger partial charge in [0.05, 0.1) is 11.6 Å². The van der Waals surface area contributed by atoms with Gasteiger partial charge in [-0.1, -0.05) is 24.3 Å². The first-order valence-electron chi connectivity index (χ1n) is 12.9. The standard InChI is InChI=1S/C29H25F2N3O5S/c1-38-16-12-29(13-16)8-4-10-39-21-11-19(30)24(31)18-14-40-22-6-3-2-5-17(22)25(23(18)21)34-15-32(29)28(37)26-27(36)20(35)7-9-33(26)34/h2-9,11,16,25,36H,10,12-15H2,1H3/b8-4+. The quantitative estimate of drug-likeness (QED) is 0.446. The zero-order valence-corrected chi connectivity index (χ0v) is 22.3. The van der Waals surface area contributed by atoms with Gasteiger partial charge in [-0.15, -0.1) is 11.8 Å². The Morgan fingerprint density at radius 1 is 1.18 bits per heavy atom. The lowest BCUT2D eigenvalue weighted by Crippen LogP contribution is -2.67. The van der Waals surface area contributed by atoms with E-state index in [-0.39, 0.29) is 42.1 Å². The highest BCUT2D eigenvalue weighted by molar-refractivity contribution is 7.98. The minimum Gasteiger partial charge on any atom is -0.502 e. The van der Waals surface area contributed by atoms with E-state index in [0.29, 0.717) is 18.4 Å². The summed E-state index contributed by atoms with van der Waals surface area (Å²) < 4.78 is 43.6. The molecule has 0 radical (unpaired) electrons. The molecule has 1 fully saturated rings. The third-order valence-electron chi connectivity index (χ3n) is 8.34. The summed E-state index contributed by atoms with van der Waals surface area (Å²) in [7, 11) is 1.61. The lowest BCUT2D eigenvalue weighted by molar-refractivity contribution is -0.0602. The zero-order chi connectivity index (χ0) is 27.8. The summed E-state index contributed by atoms with van der Waals surface area (Å²) >= 11 is 1.39. The van der Waals surface area contributed by atoms with Crippen LogP contribution in [0.1, 0.15) is 46.1 Å². The van der Waals surface area contributed by atoms with Crippen molar-refractivity contribution in [3.63, 3.8) is 0 Å². The fourth-order valence-corrected chi connectivity index (χ4v) is 7.42. The maximum absolute atomic E-state index is 15.5. The van der Waals surface area contributed by atoms with Gasteiger partial charge in [0.1, 0.15) is 25.1 Å². The number of carbonyl (C=O) groups is 1. The highest BCUT2D eigenvalue weighted by Gasteiger charge is 2.53. The number of pyridine rings is 1. The first-order valence-corrected chi connectivity index (χ1v) is 13.9. The van der Waals surface area contributed by atoms with Crippen molar-refractivity contribution in [2.24, 2.45) is 0 Å². The number of benzene rings is 2. The number of rotatable bonds is 1. The van der Waals surface area contributed by atoms with Gasteiger partial charge in [-0.2, -0.15) is 0 Å². The van der Waals surface area contributed by atoms with Gasteiger partial charge in [-0.05, 0) is 17.7 Å². The van der Waals surface area contributed by atoms with Crippen LogP contribution in [0.15, 0.2) is 64.4 Å². The molecule has 40 heavy (non-hydrogen) atoms. The number of carbonyl (C=O) groups excluding carboxylic acids is 1. The molecule has 7 rings (SSSR count). The molecule has 11 heteroatoms. The van der Waals surface area contributed by atoms with E-state index in [1.165, 1.54) is 28.7 Å². The number of hydrogen-bond acceptors (Lipinski definition) is 7. The van der Waals surface area contributed by atoms with E-state index in [1.807, 2.05) is 35.4 Å². The second kappa shape index (κ2) is 9.10. The lowest BCUT2D eigenvalue weighted by atomic mass is 9.72. The number of fused-ring (bicyclic) bond motifs is 8. The Hall–Kier alpha value is -3.83. The van der Waals surface area contributed by atoms with Gasteiger partial charge < -0.3 is 19.5 Å². The predicted octanol–water partition coefficient (Wildman–Crippen LogP) is 4.07. The molecule has 1 saturated carbocycles. The summed E-state index contributed by atoms with van der Waals surface area (Å²) in [5.41, 5.74) is -0.261. The summed E-state index contributed by atoms with van der Waals surface area (Å²) in [5.74, 6) is -2.78. The summed E-state index contributed by atoms with van der Waals surface area (Å²) in [6.45, 7) is 0.104. The van der Waals surface area contributed by atoms with Crippen molar-refractivity contribution in [3.05, 3.63) is 99.0 Å². The van der Waals surface area contributed by atoms with Crippen molar-refractivity contribution in [1.29, 1.82) is 0 Å². The monoisotopic (exact) mass is 565 g/mol. The molecule has 1 aromatic heterocycles. The highest BCUT2D eigenvalue weighted by atomic mass is 32.2. The average molecular weight is 566 g/mol. The second-order valence-corrected chi connectivity index (χ2v) is 11.4. The number of thioether (sulfide) groups is 1. The molecule has 1 unspecified atom stereocenters. The van der Waals surface area contributed by atoms with E-state index in [9.17, 15) is 19.1 Å². The van der Waals surface area contributed by atoms with Gasteiger partial charge in [0.15, 0.2) is 23.1 Å². The molecule has 1 spiro atoms. The molecule has 1 atom stereocenters. The van der Waals surface area contributed by atoms with Crippen LogP contribution in [0.4, 0.5) is 8.78 Å². The number of hydrogen-bond donors (Lipinski definition) is 1. The number of halogens is 2. The smallest absolute Gasteiger partial charge is 0.278 e. The van der Waals surface area contributed by atoms with E-state index in [0.717, 1.165) is 16.5 Å². The van der Waals surface area contributed by atoms with Crippen molar-refractivity contribution in [2.45, 2.75) is 41.2 Å². The minimum atomic E-state index is -1.01. The molecular weight excluding hydrogens is 540 g/mol. The molecule has 2 aromatic carbocycles. The fourth-order valence-electron chi connectivity index (χ4n) is 6.31. The largest absolute Gasteiger partial charge is 0.502 e. The van der Waals surface area contributed by atoms with E-state index in [2.05, 4.69) is 0 Å². The fraction of sp³-hybridized carbons (Fsp3) is 0.310. The van der Waals surface area contributed by atoms with Crippen molar-refractivity contribution < 1.29 is 28.2 Å². The maximum atomic E-state index is 15.5. The summed E-state index contributed by atoms with van der Waals surface area (Å²) in [4.78, 5) is 29.1. The van der Waals surface area contributed by atoms with Crippen molar-refractivity contribution in [1.82, 2.24) is 9.58 Å². The molecule has 3 aromatic rings. The Morgan fingerprint density at radius 2 is 1.98 bits per heavy atom. The van der Waals surface area contributed by atoms with Crippen LogP contribution in [-0.2, 0) is 10.5 Å². The Bertz CT molecular complexity index is 1650. The molecule has 206 valence electrons. The summed E-state index contributed by atoms with van der Waals surface area (Å²) in [6, 6.07) is 9.08. The van der Waals surface area contributed by atoms with E-state index in [4.69, 9.17) is 9.47 Å². The van der Waals surface area contributed by atoms with Crippen LogP contribution in [0.3, 0.4) is 0 Å². The number of ether oxygens (including phenoxy) is 2. The molecule has 1 N–H and O–H groups in total. The van der Waals surface area contributed by atoms with Gasteiger partial charge in [-0.3, -0.25) is 19.3 Å². The maximum Gasteiger partial charge on any atom is 0.278 e. The van der Waals surface area contributed by atoms with Crippen LogP contribution in [0, 0.1) is 11.6 Å². The van der Waals surface area contributed by atoms with Crippen molar-refractivity contribution in [3.8, 4) is 11.5 Å². The number of methoxy groups -OCH3 is 1. The number of aromatic hydroxyl groups is 1. The Kier molecular flexibility index (Phi) is 5.72. The molecule has 1 aliphatic carbocycles. The van der Waals surface area contributed by atoms with E-state index in [1.54, 1.807) is 18.1 Å². The molecule has 1 amide bonds. The second-order valence-electron chi connectivity index (χ2n) is 10.4. The first-order chi connectivity index (χ1) is 19.3. The number of nitrogens with zero attached hydrogens (tertiary/aromatic N) is 3. The Labute approximate surface area is 232 Å². The molecule has 0 saturated heterocycles. The summed E-state index contributed by atoms with van der Waals surface area (Å²) in [6.07, 6.45) is 5.99. The molecule has 3 aliphatic heterocycles. The van der Waals surface area contributed by atoms with Crippen molar-refractivity contribution >= 4 is 17.7 Å². The Morgan fingerprint density at radius 3 is 2.77 bits per heavy atom. The normalized spacial score (nSPS) is 25.5.